The van der Waals surface area contributed by atoms with Crippen LogP contribution in [0.15, 0.2) is 42.5 Å². The van der Waals surface area contributed by atoms with Crippen LogP contribution in [0.3, 0.4) is 0 Å². The quantitative estimate of drug-likeness (QED) is 0.237. The summed E-state index contributed by atoms with van der Waals surface area (Å²) >= 11 is 0. The van der Waals surface area contributed by atoms with E-state index in [0.29, 0.717) is 38.4 Å². The highest BCUT2D eigenvalue weighted by Crippen LogP contribution is 2.52. The summed E-state index contributed by atoms with van der Waals surface area (Å²) in [5, 5.41) is 9.81. The van der Waals surface area contributed by atoms with Gasteiger partial charge >= 0.3 is 5.97 Å². The molecule has 2 atom stereocenters. The summed E-state index contributed by atoms with van der Waals surface area (Å²) in [6.07, 6.45) is 6.11. The monoisotopic (exact) mass is 534 g/mol. The normalized spacial score (nSPS) is 17.8. The number of aliphatic carboxylic acids is 1. The number of benzene rings is 2. The topological polar surface area (TPSA) is 72.8 Å². The summed E-state index contributed by atoms with van der Waals surface area (Å²) in [5.41, 5.74) is 2.62. The molecule has 0 heterocycles. The first kappa shape index (κ1) is 29.2. The Kier molecular flexibility index (Phi) is 9.08. The van der Waals surface area contributed by atoms with E-state index in [4.69, 9.17) is 9.47 Å². The van der Waals surface area contributed by atoms with Crippen molar-refractivity contribution in [2.75, 3.05) is 13.2 Å². The number of carbonyl (C=O) groups excluding carboxylic acids is 1. The van der Waals surface area contributed by atoms with E-state index in [0.717, 1.165) is 48.3 Å². The lowest BCUT2D eigenvalue weighted by molar-refractivity contribution is -0.146. The summed E-state index contributed by atoms with van der Waals surface area (Å²) in [5.74, 6) is 1.09. The van der Waals surface area contributed by atoms with Crippen LogP contribution in [0.2, 0.25) is 0 Å². The highest BCUT2D eigenvalue weighted by atomic mass is 16.5. The maximum atomic E-state index is 13.9. The van der Waals surface area contributed by atoms with Crippen LogP contribution in [-0.4, -0.2) is 30.1 Å². The average molecular weight is 535 g/mol. The lowest BCUT2D eigenvalue weighted by Crippen LogP contribution is -2.28. The summed E-state index contributed by atoms with van der Waals surface area (Å²) in [6.45, 7) is 11.8. The van der Waals surface area contributed by atoms with Gasteiger partial charge in [-0.2, -0.15) is 0 Å². The molecular formula is C34H46O5. The smallest absolute Gasteiger partial charge is 0.310 e. The van der Waals surface area contributed by atoms with E-state index in [2.05, 4.69) is 57.2 Å². The van der Waals surface area contributed by atoms with Gasteiger partial charge in [0.25, 0.3) is 0 Å². The predicted molar refractivity (Wildman–Crippen MR) is 155 cm³/mol. The van der Waals surface area contributed by atoms with Crippen LogP contribution in [-0.2, 0) is 16.0 Å². The third kappa shape index (κ3) is 7.23. The van der Waals surface area contributed by atoms with E-state index in [9.17, 15) is 14.7 Å². The van der Waals surface area contributed by atoms with Crippen molar-refractivity contribution in [1.29, 1.82) is 0 Å². The molecular weight excluding hydrogens is 488 g/mol. The van der Waals surface area contributed by atoms with Crippen molar-refractivity contribution >= 4 is 11.8 Å². The van der Waals surface area contributed by atoms with Crippen LogP contribution in [0.1, 0.15) is 108 Å². The Morgan fingerprint density at radius 1 is 1.03 bits per heavy atom. The van der Waals surface area contributed by atoms with E-state index >= 15 is 0 Å². The molecule has 2 saturated carbocycles. The standard InChI is InChI=1S/C34H46O5/c1-6-38-29-19-26(20-30(39-7-2)31(29)25-13-14-25)23(3)27(28(35)22-34(17-18-34)32(36)37)15-16-33(4,5)21-24-11-9-8-10-12-24/h8-12,19-20,23,25,27H,6-7,13-18,21-22H2,1-5H3,(H,36,37)/t23-,27?/m1/s1. The number of ketones is 1. The molecule has 2 aliphatic rings. The molecule has 0 spiro atoms. The summed E-state index contributed by atoms with van der Waals surface area (Å²) in [6, 6.07) is 14.7. The Hall–Kier alpha value is -2.82. The first-order valence-electron chi connectivity index (χ1n) is 14.8. The van der Waals surface area contributed by atoms with Gasteiger partial charge < -0.3 is 14.6 Å². The number of hydrogen-bond acceptors (Lipinski definition) is 4. The van der Waals surface area contributed by atoms with Gasteiger partial charge in [0.05, 0.1) is 18.6 Å². The number of carbonyl (C=O) groups is 2. The molecule has 0 amide bonds. The summed E-state index contributed by atoms with van der Waals surface area (Å²) in [4.78, 5) is 25.8. The van der Waals surface area contributed by atoms with Crippen LogP contribution in [0.25, 0.3) is 0 Å². The van der Waals surface area contributed by atoms with Crippen molar-refractivity contribution in [2.24, 2.45) is 16.7 Å². The number of hydrogen-bond donors (Lipinski definition) is 1. The van der Waals surface area contributed by atoms with E-state index in [-0.39, 0.29) is 29.5 Å². The molecule has 0 saturated heterocycles. The molecule has 1 unspecified atom stereocenters. The Labute approximate surface area is 234 Å². The number of carboxylic acid groups (broad SMARTS) is 1. The Bertz CT molecular complexity index is 1120. The predicted octanol–water partition coefficient (Wildman–Crippen LogP) is 7.95. The van der Waals surface area contributed by atoms with Gasteiger partial charge in [-0.1, -0.05) is 51.1 Å². The van der Waals surface area contributed by atoms with Gasteiger partial charge in [0.1, 0.15) is 17.3 Å². The van der Waals surface area contributed by atoms with Crippen LogP contribution in [0, 0.1) is 16.7 Å². The number of rotatable bonds is 16. The molecule has 0 radical (unpaired) electrons. The second kappa shape index (κ2) is 12.1. The third-order valence-electron chi connectivity index (χ3n) is 8.73. The Morgan fingerprint density at radius 2 is 1.62 bits per heavy atom. The lowest BCUT2D eigenvalue weighted by atomic mass is 9.73. The van der Waals surface area contributed by atoms with Crippen LogP contribution < -0.4 is 9.47 Å². The minimum Gasteiger partial charge on any atom is -0.493 e. The second-order valence-corrected chi connectivity index (χ2v) is 12.6. The van der Waals surface area contributed by atoms with E-state index < -0.39 is 11.4 Å². The fraction of sp³-hybridized carbons (Fsp3) is 0.588. The number of ether oxygens (including phenoxy) is 2. The first-order chi connectivity index (χ1) is 18.6. The minimum absolute atomic E-state index is 0.00641. The summed E-state index contributed by atoms with van der Waals surface area (Å²) in [7, 11) is 0. The van der Waals surface area contributed by atoms with Crippen LogP contribution >= 0.6 is 0 Å². The van der Waals surface area contributed by atoms with Gasteiger partial charge in [0, 0.05) is 17.9 Å². The van der Waals surface area contributed by atoms with Crippen molar-refractivity contribution in [2.45, 2.75) is 97.8 Å². The van der Waals surface area contributed by atoms with Crippen molar-refractivity contribution in [3.63, 3.8) is 0 Å². The van der Waals surface area contributed by atoms with Crippen molar-refractivity contribution in [3.05, 3.63) is 59.2 Å². The molecule has 4 rings (SSSR count). The first-order valence-corrected chi connectivity index (χ1v) is 14.8. The second-order valence-electron chi connectivity index (χ2n) is 12.6. The molecule has 5 heteroatoms. The molecule has 2 fully saturated rings. The van der Waals surface area contributed by atoms with Gasteiger partial charge in [0.2, 0.25) is 0 Å². The van der Waals surface area contributed by atoms with Crippen LogP contribution in [0.4, 0.5) is 0 Å². The van der Waals surface area contributed by atoms with E-state index in [1.165, 1.54) is 5.56 Å². The molecule has 39 heavy (non-hydrogen) atoms. The Balaban J connectivity index is 1.62. The minimum atomic E-state index is -0.864. The number of Topliss-reactive ketones (excluding diaryl/α,β-unsaturated/α-hetero) is 1. The summed E-state index contributed by atoms with van der Waals surface area (Å²) < 4.78 is 12.2. The highest BCUT2D eigenvalue weighted by molar-refractivity contribution is 5.90. The third-order valence-corrected chi connectivity index (χ3v) is 8.73. The molecule has 2 aromatic rings. The highest BCUT2D eigenvalue weighted by Gasteiger charge is 2.52. The van der Waals surface area contributed by atoms with E-state index in [1.807, 2.05) is 19.9 Å². The molecule has 1 N–H and O–H groups in total. The zero-order valence-electron chi connectivity index (χ0n) is 24.4. The fourth-order valence-electron chi connectivity index (χ4n) is 6.00. The van der Waals surface area contributed by atoms with Crippen molar-refractivity contribution in [1.82, 2.24) is 0 Å². The largest absolute Gasteiger partial charge is 0.493 e. The molecule has 5 nitrogen and oxygen atoms in total. The zero-order chi connectivity index (χ0) is 28.2. The van der Waals surface area contributed by atoms with Gasteiger partial charge in [-0.05, 0) is 99.3 Å². The van der Waals surface area contributed by atoms with Gasteiger partial charge in [-0.15, -0.1) is 0 Å². The lowest BCUT2D eigenvalue weighted by Gasteiger charge is -2.31. The SMILES string of the molecule is CCOc1cc([C@@H](C)C(CCC(C)(C)Cc2ccccc2)C(=O)CC2(C(=O)O)CC2)cc(OCC)c1C1CC1. The van der Waals surface area contributed by atoms with Gasteiger partial charge in [-0.25, -0.2) is 0 Å². The van der Waals surface area contributed by atoms with Crippen molar-refractivity contribution < 1.29 is 24.2 Å². The molecule has 2 aliphatic carbocycles. The van der Waals surface area contributed by atoms with Crippen LogP contribution in [0.5, 0.6) is 11.5 Å². The maximum Gasteiger partial charge on any atom is 0.310 e. The maximum absolute atomic E-state index is 13.9. The fourth-order valence-corrected chi connectivity index (χ4v) is 6.00. The van der Waals surface area contributed by atoms with E-state index in [1.54, 1.807) is 0 Å². The molecule has 212 valence electrons. The Morgan fingerprint density at radius 3 is 2.10 bits per heavy atom. The molecule has 0 aliphatic heterocycles. The van der Waals surface area contributed by atoms with Crippen molar-refractivity contribution in [3.8, 4) is 11.5 Å². The molecule has 0 bridgehead atoms. The van der Waals surface area contributed by atoms with Gasteiger partial charge in [0.15, 0.2) is 0 Å². The average Bonchev–Trinajstić information content (AvgIpc) is 3.81. The number of carboxylic acids is 1. The zero-order valence-corrected chi connectivity index (χ0v) is 24.4. The molecule has 2 aromatic carbocycles. The molecule has 0 aromatic heterocycles. The van der Waals surface area contributed by atoms with Gasteiger partial charge in [-0.3, -0.25) is 9.59 Å².